The first kappa shape index (κ1) is 18.3. The average Bonchev–Trinajstić information content (AvgIpc) is 2.56. The molecule has 0 bridgehead atoms. The summed E-state index contributed by atoms with van der Waals surface area (Å²) >= 11 is 15.2. The first-order chi connectivity index (χ1) is 11.8. The lowest BCUT2D eigenvalue weighted by Gasteiger charge is -2.16. The van der Waals surface area contributed by atoms with E-state index in [4.69, 9.17) is 23.2 Å². The molecule has 2 heterocycles. The van der Waals surface area contributed by atoms with Crippen LogP contribution in [-0.2, 0) is 6.54 Å². The third kappa shape index (κ3) is 4.03. The van der Waals surface area contributed by atoms with E-state index in [0.29, 0.717) is 28.5 Å². The molecule has 3 rings (SSSR count). The molecule has 0 spiro atoms. The van der Waals surface area contributed by atoms with Crippen LogP contribution in [0.4, 0.5) is 4.39 Å². The molecular weight excluding hydrogens is 432 g/mol. The van der Waals surface area contributed by atoms with Crippen molar-refractivity contribution in [3.63, 3.8) is 0 Å². The number of hydrogen-bond acceptors (Lipinski definition) is 3. The van der Waals surface area contributed by atoms with Gasteiger partial charge in [-0.05, 0) is 52.7 Å². The molecule has 1 aromatic carbocycles. The van der Waals surface area contributed by atoms with Gasteiger partial charge in [0.1, 0.15) is 11.5 Å². The molecule has 0 fully saturated rings. The molecule has 0 aliphatic rings. The van der Waals surface area contributed by atoms with Gasteiger partial charge in [0.25, 0.3) is 5.56 Å². The highest BCUT2D eigenvalue weighted by molar-refractivity contribution is 9.10. The lowest BCUT2D eigenvalue weighted by Crippen LogP contribution is -2.22. The standard InChI is InChI=1S/C17H13BrCl2FN3O/c1-9(12-5-15(21)14(20)6-13(12)19)22-7-11-4-17(25)24-8-10(18)2-3-16(24)23-11/h2-6,8-9,22H,7H2,1H3/t9-/m0/s1. The van der Waals surface area contributed by atoms with Crippen molar-refractivity contribution < 1.29 is 4.39 Å². The maximum absolute atomic E-state index is 13.7. The molecule has 3 aromatic rings. The van der Waals surface area contributed by atoms with E-state index < -0.39 is 5.82 Å². The van der Waals surface area contributed by atoms with E-state index in [0.717, 1.165) is 4.47 Å². The predicted molar refractivity (Wildman–Crippen MR) is 101 cm³/mol. The number of benzene rings is 1. The van der Waals surface area contributed by atoms with Crippen molar-refractivity contribution in [3.05, 3.63) is 78.5 Å². The molecule has 0 amide bonds. The number of rotatable bonds is 4. The summed E-state index contributed by atoms with van der Waals surface area (Å²) in [5.74, 6) is -0.526. The molecule has 0 aliphatic carbocycles. The summed E-state index contributed by atoms with van der Waals surface area (Å²) in [5.41, 5.74) is 1.55. The molecule has 0 radical (unpaired) electrons. The number of aromatic nitrogens is 2. The zero-order valence-electron chi connectivity index (χ0n) is 13.1. The van der Waals surface area contributed by atoms with Crippen LogP contribution in [0.15, 0.2) is 45.8 Å². The third-order valence-corrected chi connectivity index (χ3v) is 4.86. The highest BCUT2D eigenvalue weighted by Gasteiger charge is 2.14. The van der Waals surface area contributed by atoms with Gasteiger partial charge in [-0.15, -0.1) is 0 Å². The van der Waals surface area contributed by atoms with E-state index in [-0.39, 0.29) is 16.6 Å². The average molecular weight is 445 g/mol. The Balaban J connectivity index is 1.82. The fourth-order valence-electron chi connectivity index (χ4n) is 2.45. The van der Waals surface area contributed by atoms with Gasteiger partial charge in [-0.1, -0.05) is 23.2 Å². The Morgan fingerprint density at radius 2 is 2.04 bits per heavy atom. The van der Waals surface area contributed by atoms with Gasteiger partial charge < -0.3 is 5.32 Å². The second kappa shape index (κ2) is 7.41. The second-order valence-electron chi connectivity index (χ2n) is 5.55. The molecule has 1 N–H and O–H groups in total. The van der Waals surface area contributed by atoms with Gasteiger partial charge in [0.2, 0.25) is 0 Å². The first-order valence-corrected chi connectivity index (χ1v) is 8.95. The van der Waals surface area contributed by atoms with Crippen LogP contribution < -0.4 is 10.9 Å². The summed E-state index contributed by atoms with van der Waals surface area (Å²) in [6.45, 7) is 2.18. The Bertz CT molecular complexity index is 1010. The molecular formula is C17H13BrCl2FN3O. The van der Waals surface area contributed by atoms with Crippen LogP contribution in [-0.4, -0.2) is 9.38 Å². The molecule has 25 heavy (non-hydrogen) atoms. The van der Waals surface area contributed by atoms with Gasteiger partial charge in [-0.3, -0.25) is 9.20 Å². The van der Waals surface area contributed by atoms with Crippen molar-refractivity contribution in [2.75, 3.05) is 0 Å². The number of fused-ring (bicyclic) bond motifs is 1. The molecule has 2 aromatic heterocycles. The minimum atomic E-state index is -0.526. The number of nitrogens with one attached hydrogen (secondary N) is 1. The van der Waals surface area contributed by atoms with Gasteiger partial charge in [0, 0.05) is 34.3 Å². The molecule has 0 saturated heterocycles. The Morgan fingerprint density at radius 1 is 1.28 bits per heavy atom. The second-order valence-corrected chi connectivity index (χ2v) is 7.28. The van der Waals surface area contributed by atoms with E-state index in [2.05, 4.69) is 26.2 Å². The third-order valence-electron chi connectivity index (χ3n) is 3.77. The number of hydrogen-bond donors (Lipinski definition) is 1. The fraction of sp³-hybridized carbons (Fsp3) is 0.176. The summed E-state index contributed by atoms with van der Waals surface area (Å²) in [6, 6.07) is 7.47. The molecule has 0 saturated carbocycles. The Hall–Kier alpha value is -1.47. The Morgan fingerprint density at radius 3 is 2.80 bits per heavy atom. The molecule has 8 heteroatoms. The van der Waals surface area contributed by atoms with Gasteiger partial charge in [-0.2, -0.15) is 0 Å². The zero-order chi connectivity index (χ0) is 18.1. The fourth-order valence-corrected chi connectivity index (χ4v) is 3.34. The highest BCUT2D eigenvalue weighted by Crippen LogP contribution is 2.28. The predicted octanol–water partition coefficient (Wildman–Crippen LogP) is 4.75. The van der Waals surface area contributed by atoms with Crippen molar-refractivity contribution >= 4 is 44.8 Å². The van der Waals surface area contributed by atoms with Crippen LogP contribution in [0.5, 0.6) is 0 Å². The van der Waals surface area contributed by atoms with E-state index in [1.165, 1.54) is 22.6 Å². The van der Waals surface area contributed by atoms with E-state index >= 15 is 0 Å². The van der Waals surface area contributed by atoms with Crippen LogP contribution in [0.2, 0.25) is 10.0 Å². The first-order valence-electron chi connectivity index (χ1n) is 7.41. The van der Waals surface area contributed by atoms with Crippen LogP contribution in [0.25, 0.3) is 5.65 Å². The van der Waals surface area contributed by atoms with Crippen molar-refractivity contribution in [1.82, 2.24) is 14.7 Å². The maximum atomic E-state index is 13.7. The van der Waals surface area contributed by atoms with Crippen molar-refractivity contribution in [1.29, 1.82) is 0 Å². The summed E-state index contributed by atoms with van der Waals surface area (Å²) in [7, 11) is 0. The van der Waals surface area contributed by atoms with Crippen molar-refractivity contribution in [2.45, 2.75) is 19.5 Å². The smallest absolute Gasteiger partial charge is 0.258 e. The van der Waals surface area contributed by atoms with Crippen molar-refractivity contribution in [3.8, 4) is 0 Å². The molecule has 0 unspecified atom stereocenters. The van der Waals surface area contributed by atoms with E-state index in [9.17, 15) is 9.18 Å². The van der Waals surface area contributed by atoms with E-state index in [1.807, 2.05) is 13.0 Å². The SMILES string of the molecule is C[C@H](NCc1cc(=O)n2cc(Br)ccc2n1)c1cc(F)c(Cl)cc1Cl. The zero-order valence-corrected chi connectivity index (χ0v) is 16.2. The Labute approximate surface area is 161 Å². The summed E-state index contributed by atoms with van der Waals surface area (Å²) in [4.78, 5) is 16.6. The molecule has 0 aliphatic heterocycles. The largest absolute Gasteiger partial charge is 0.305 e. The van der Waals surface area contributed by atoms with Crippen LogP contribution in [0, 0.1) is 5.82 Å². The summed E-state index contributed by atoms with van der Waals surface area (Å²) < 4.78 is 15.9. The molecule has 1 atom stereocenters. The van der Waals surface area contributed by atoms with Crippen molar-refractivity contribution in [2.24, 2.45) is 0 Å². The van der Waals surface area contributed by atoms with Gasteiger partial charge in [0.05, 0.1) is 10.7 Å². The molecule has 130 valence electrons. The summed E-state index contributed by atoms with van der Waals surface area (Å²) in [6.07, 6.45) is 1.67. The van der Waals surface area contributed by atoms with Crippen LogP contribution >= 0.6 is 39.1 Å². The van der Waals surface area contributed by atoms with Gasteiger partial charge >= 0.3 is 0 Å². The minimum absolute atomic E-state index is 0.0173. The quantitative estimate of drug-likeness (QED) is 0.590. The Kier molecular flexibility index (Phi) is 5.43. The molecule has 4 nitrogen and oxygen atoms in total. The normalized spacial score (nSPS) is 12.5. The number of nitrogens with zero attached hydrogens (tertiary/aromatic N) is 2. The lowest BCUT2D eigenvalue weighted by atomic mass is 10.1. The van der Waals surface area contributed by atoms with Crippen LogP contribution in [0.3, 0.4) is 0 Å². The maximum Gasteiger partial charge on any atom is 0.258 e. The summed E-state index contributed by atoms with van der Waals surface area (Å²) in [5, 5.41) is 3.55. The minimum Gasteiger partial charge on any atom is -0.305 e. The number of pyridine rings is 1. The lowest BCUT2D eigenvalue weighted by molar-refractivity contribution is 0.559. The monoisotopic (exact) mass is 443 g/mol. The number of halogens is 4. The van der Waals surface area contributed by atoms with E-state index in [1.54, 1.807) is 12.3 Å². The topological polar surface area (TPSA) is 46.4 Å². The van der Waals surface area contributed by atoms with Crippen LogP contribution in [0.1, 0.15) is 24.2 Å². The highest BCUT2D eigenvalue weighted by atomic mass is 79.9. The van der Waals surface area contributed by atoms with Gasteiger partial charge in [-0.25, -0.2) is 9.37 Å². The van der Waals surface area contributed by atoms with Gasteiger partial charge in [0.15, 0.2) is 0 Å².